The fraction of sp³-hybridized carbons (Fsp3) is 0.286. The number of ether oxygens (including phenoxy) is 1. The maximum Gasteiger partial charge on any atom is 0.261 e. The molecule has 2 amide bonds. The first-order valence-electron chi connectivity index (χ1n) is 11.8. The number of hydrogen-bond donors (Lipinski definition) is 1. The lowest BCUT2D eigenvalue weighted by Crippen LogP contribution is -2.53. The van der Waals surface area contributed by atoms with Crippen molar-refractivity contribution in [3.8, 4) is 5.75 Å². The number of carbonyl (C=O) groups excluding carboxylic acids is 2. The molecule has 0 spiro atoms. The highest BCUT2D eigenvalue weighted by Crippen LogP contribution is 2.28. The molecule has 0 heterocycles. The zero-order valence-corrected chi connectivity index (χ0v) is 23.5. The van der Waals surface area contributed by atoms with Crippen molar-refractivity contribution >= 4 is 58.2 Å². The third-order valence-corrected chi connectivity index (χ3v) is 7.12. The van der Waals surface area contributed by atoms with Gasteiger partial charge in [0.15, 0.2) is 6.61 Å². The van der Waals surface area contributed by atoms with Gasteiger partial charge in [0.25, 0.3) is 5.91 Å². The van der Waals surface area contributed by atoms with Crippen molar-refractivity contribution in [1.82, 2.24) is 10.2 Å². The quantitative estimate of drug-likeness (QED) is 0.260. The highest BCUT2D eigenvalue weighted by molar-refractivity contribution is 6.42. The third kappa shape index (κ3) is 8.54. The molecule has 2 unspecified atom stereocenters. The molecule has 196 valence electrons. The number of rotatable bonds is 11. The summed E-state index contributed by atoms with van der Waals surface area (Å²) in [5.41, 5.74) is 1.64. The minimum atomic E-state index is -0.803. The normalized spacial score (nSPS) is 12.5. The molecule has 0 saturated carbocycles. The first-order chi connectivity index (χ1) is 17.7. The first-order valence-corrected chi connectivity index (χ1v) is 13.3. The second-order valence-electron chi connectivity index (χ2n) is 8.66. The maximum atomic E-state index is 13.6. The van der Waals surface area contributed by atoms with Gasteiger partial charge in [0.2, 0.25) is 5.91 Å². The second kappa shape index (κ2) is 13.9. The number of benzene rings is 3. The highest BCUT2D eigenvalue weighted by Gasteiger charge is 2.31. The Balaban J connectivity index is 1.94. The van der Waals surface area contributed by atoms with Crippen LogP contribution in [0.2, 0.25) is 20.1 Å². The van der Waals surface area contributed by atoms with Gasteiger partial charge in [0, 0.05) is 24.0 Å². The van der Waals surface area contributed by atoms with Crippen molar-refractivity contribution in [2.75, 3.05) is 6.61 Å². The summed E-state index contributed by atoms with van der Waals surface area (Å²) < 4.78 is 5.74. The fourth-order valence-electron chi connectivity index (χ4n) is 3.64. The van der Waals surface area contributed by atoms with Crippen LogP contribution in [0.15, 0.2) is 66.7 Å². The van der Waals surface area contributed by atoms with Crippen molar-refractivity contribution in [3.63, 3.8) is 0 Å². The van der Waals surface area contributed by atoms with Gasteiger partial charge in [0.1, 0.15) is 11.8 Å². The Morgan fingerprint density at radius 2 is 1.62 bits per heavy atom. The molecule has 1 N–H and O–H groups in total. The molecule has 3 aromatic rings. The van der Waals surface area contributed by atoms with E-state index in [1.807, 2.05) is 44.2 Å². The Morgan fingerprint density at radius 1 is 0.892 bits per heavy atom. The minimum Gasteiger partial charge on any atom is -0.482 e. The van der Waals surface area contributed by atoms with Crippen molar-refractivity contribution in [2.45, 2.75) is 45.3 Å². The molecule has 37 heavy (non-hydrogen) atoms. The van der Waals surface area contributed by atoms with Gasteiger partial charge in [-0.15, -0.1) is 0 Å². The van der Waals surface area contributed by atoms with E-state index in [0.29, 0.717) is 27.2 Å². The van der Waals surface area contributed by atoms with Gasteiger partial charge >= 0.3 is 0 Å². The van der Waals surface area contributed by atoms with Crippen LogP contribution in [0.3, 0.4) is 0 Å². The molecule has 3 rings (SSSR count). The standard InChI is InChI=1S/C28H28Cl4N2O3/c1-3-18(2)33-28(36)25(14-19-7-5-4-6-8-19)34(16-20-9-11-22(30)23(31)13-20)27(35)17-37-26-12-10-21(29)15-24(26)32/h4-13,15,18,25H,3,14,16-17H2,1-2H3,(H,33,36). The van der Waals surface area contributed by atoms with E-state index in [1.54, 1.807) is 30.3 Å². The predicted molar refractivity (Wildman–Crippen MR) is 151 cm³/mol. The van der Waals surface area contributed by atoms with Gasteiger partial charge in [-0.05, 0) is 54.8 Å². The van der Waals surface area contributed by atoms with Crippen LogP contribution in [-0.4, -0.2) is 35.4 Å². The van der Waals surface area contributed by atoms with Crippen LogP contribution in [-0.2, 0) is 22.6 Å². The molecule has 5 nitrogen and oxygen atoms in total. The Morgan fingerprint density at radius 3 is 2.27 bits per heavy atom. The van der Waals surface area contributed by atoms with Crippen molar-refractivity contribution in [2.24, 2.45) is 0 Å². The maximum absolute atomic E-state index is 13.6. The number of carbonyl (C=O) groups is 2. The molecule has 0 bridgehead atoms. The molecule has 0 saturated heterocycles. The summed E-state index contributed by atoms with van der Waals surface area (Å²) in [5, 5.41) is 4.52. The van der Waals surface area contributed by atoms with Crippen molar-refractivity contribution < 1.29 is 14.3 Å². The summed E-state index contributed by atoms with van der Waals surface area (Å²) in [4.78, 5) is 28.7. The molecule has 2 atom stereocenters. The molecule has 3 aromatic carbocycles. The van der Waals surface area contributed by atoms with Crippen LogP contribution in [0, 0.1) is 0 Å². The van der Waals surface area contributed by atoms with E-state index >= 15 is 0 Å². The lowest BCUT2D eigenvalue weighted by Gasteiger charge is -2.32. The summed E-state index contributed by atoms with van der Waals surface area (Å²) in [6.07, 6.45) is 1.07. The molecule has 0 fully saturated rings. The van der Waals surface area contributed by atoms with Crippen LogP contribution in [0.25, 0.3) is 0 Å². The minimum absolute atomic E-state index is 0.0585. The van der Waals surface area contributed by atoms with E-state index in [0.717, 1.165) is 17.5 Å². The van der Waals surface area contributed by atoms with Crippen LogP contribution in [0.5, 0.6) is 5.75 Å². The first kappa shape index (κ1) is 29.1. The number of nitrogens with one attached hydrogen (secondary N) is 1. The van der Waals surface area contributed by atoms with Gasteiger partial charge in [-0.3, -0.25) is 9.59 Å². The molecule has 0 aliphatic heterocycles. The average Bonchev–Trinajstić information content (AvgIpc) is 2.88. The van der Waals surface area contributed by atoms with Crippen LogP contribution in [0.1, 0.15) is 31.4 Å². The Bertz CT molecular complexity index is 1220. The van der Waals surface area contributed by atoms with E-state index in [1.165, 1.54) is 11.0 Å². The lowest BCUT2D eigenvalue weighted by atomic mass is 10.0. The summed E-state index contributed by atoms with van der Waals surface area (Å²) in [6.45, 7) is 3.71. The second-order valence-corrected chi connectivity index (χ2v) is 10.3. The molecule has 0 aliphatic rings. The van der Waals surface area contributed by atoms with Gasteiger partial charge in [-0.2, -0.15) is 0 Å². The average molecular weight is 582 g/mol. The van der Waals surface area contributed by atoms with Gasteiger partial charge in [0.05, 0.1) is 15.1 Å². The molecule has 9 heteroatoms. The molecular formula is C28H28Cl4N2O3. The van der Waals surface area contributed by atoms with E-state index < -0.39 is 11.9 Å². The number of halogens is 4. The summed E-state index contributed by atoms with van der Waals surface area (Å²) in [5.74, 6) is -0.328. The van der Waals surface area contributed by atoms with Crippen molar-refractivity contribution in [3.05, 3.63) is 97.9 Å². The Kier molecular flexibility index (Phi) is 11.0. The van der Waals surface area contributed by atoms with E-state index in [4.69, 9.17) is 51.1 Å². The largest absolute Gasteiger partial charge is 0.482 e. The van der Waals surface area contributed by atoms with Crippen molar-refractivity contribution in [1.29, 1.82) is 0 Å². The van der Waals surface area contributed by atoms with Gasteiger partial charge in [-0.25, -0.2) is 0 Å². The van der Waals surface area contributed by atoms with E-state index in [-0.39, 0.29) is 30.1 Å². The highest BCUT2D eigenvalue weighted by atomic mass is 35.5. The summed E-state index contributed by atoms with van der Waals surface area (Å²) in [6, 6.07) is 18.6. The smallest absolute Gasteiger partial charge is 0.261 e. The predicted octanol–water partition coefficient (Wildman–Crippen LogP) is 7.23. The zero-order chi connectivity index (χ0) is 26.9. The monoisotopic (exact) mass is 580 g/mol. The molecule has 0 aliphatic carbocycles. The zero-order valence-electron chi connectivity index (χ0n) is 20.5. The number of nitrogens with zero attached hydrogens (tertiary/aromatic N) is 1. The van der Waals surface area contributed by atoms with Crippen LogP contribution in [0.4, 0.5) is 0 Å². The Labute approximate surface area is 237 Å². The van der Waals surface area contributed by atoms with Crippen LogP contribution >= 0.6 is 46.4 Å². The molecular weight excluding hydrogens is 554 g/mol. The van der Waals surface area contributed by atoms with E-state index in [2.05, 4.69) is 5.32 Å². The fourth-order valence-corrected chi connectivity index (χ4v) is 4.43. The van der Waals surface area contributed by atoms with Gasteiger partial charge < -0.3 is 15.0 Å². The molecule has 0 radical (unpaired) electrons. The van der Waals surface area contributed by atoms with Crippen LogP contribution < -0.4 is 10.1 Å². The molecule has 0 aromatic heterocycles. The van der Waals surface area contributed by atoms with E-state index in [9.17, 15) is 9.59 Å². The summed E-state index contributed by atoms with van der Waals surface area (Å²) in [7, 11) is 0. The third-order valence-electron chi connectivity index (χ3n) is 5.85. The van der Waals surface area contributed by atoms with Gasteiger partial charge in [-0.1, -0.05) is 89.7 Å². The Hall–Kier alpha value is -2.44. The summed E-state index contributed by atoms with van der Waals surface area (Å²) >= 11 is 24.5. The number of hydrogen-bond acceptors (Lipinski definition) is 3. The lowest BCUT2D eigenvalue weighted by molar-refractivity contribution is -0.143. The SMILES string of the molecule is CCC(C)NC(=O)C(Cc1ccccc1)N(Cc1ccc(Cl)c(Cl)c1)C(=O)COc1ccc(Cl)cc1Cl. The number of amides is 2. The topological polar surface area (TPSA) is 58.6 Å².